The topological polar surface area (TPSA) is 102 Å². The number of anilines is 1. The Labute approximate surface area is 111 Å². The largest absolute Gasteiger partial charge is 0.355 e. The molecule has 19 heavy (non-hydrogen) atoms. The molecule has 1 rings (SSSR count). The lowest BCUT2D eigenvalue weighted by atomic mass is 10.3. The zero-order valence-corrected chi connectivity index (χ0v) is 11.4. The fourth-order valence-corrected chi connectivity index (χ4v) is 1.69. The van der Waals surface area contributed by atoms with Crippen LogP contribution < -0.4 is 10.6 Å². The highest BCUT2D eigenvalue weighted by molar-refractivity contribution is 5.81. The van der Waals surface area contributed by atoms with Crippen molar-refractivity contribution in [3.63, 3.8) is 0 Å². The molecular formula is C11H19N5O3. The highest BCUT2D eigenvalue weighted by Crippen LogP contribution is 2.27. The molecule has 0 aliphatic heterocycles. The minimum atomic E-state index is -0.474. The Morgan fingerprint density at radius 3 is 2.68 bits per heavy atom. The predicted octanol–water partition coefficient (Wildman–Crippen LogP) is 0.829. The second-order valence-corrected chi connectivity index (χ2v) is 4.08. The van der Waals surface area contributed by atoms with Crippen LogP contribution in [0.25, 0.3) is 0 Å². The Hall–Kier alpha value is -2.12. The van der Waals surface area contributed by atoms with Crippen molar-refractivity contribution in [2.45, 2.75) is 26.7 Å². The van der Waals surface area contributed by atoms with Crippen molar-refractivity contribution in [1.29, 1.82) is 0 Å². The lowest BCUT2D eigenvalue weighted by molar-refractivity contribution is -0.384. The van der Waals surface area contributed by atoms with Crippen LogP contribution in [0.15, 0.2) is 0 Å². The number of hydrogen-bond acceptors (Lipinski definition) is 5. The summed E-state index contributed by atoms with van der Waals surface area (Å²) < 4.78 is 1.39. The Kier molecular flexibility index (Phi) is 5.28. The van der Waals surface area contributed by atoms with Gasteiger partial charge in [-0.2, -0.15) is 5.10 Å². The third-order valence-electron chi connectivity index (χ3n) is 2.60. The number of aryl methyl sites for hydroxylation is 2. The first-order valence-electron chi connectivity index (χ1n) is 6.22. The summed E-state index contributed by atoms with van der Waals surface area (Å²) >= 11 is 0. The maximum atomic E-state index is 11.5. The van der Waals surface area contributed by atoms with E-state index in [1.165, 1.54) is 4.68 Å². The predicted molar refractivity (Wildman–Crippen MR) is 71.0 cm³/mol. The molecule has 0 saturated heterocycles. The van der Waals surface area contributed by atoms with Crippen molar-refractivity contribution < 1.29 is 9.72 Å². The molecule has 0 bridgehead atoms. The standard InChI is InChI=1S/C11H19N5O3/c1-4-6-12-9(17)7-13-11-10(16(18)19)8(5-2)14-15(11)3/h13H,4-7H2,1-3H3,(H,12,17). The summed E-state index contributed by atoms with van der Waals surface area (Å²) in [7, 11) is 1.61. The van der Waals surface area contributed by atoms with Gasteiger partial charge in [-0.05, 0) is 12.8 Å². The van der Waals surface area contributed by atoms with E-state index in [2.05, 4.69) is 15.7 Å². The second kappa shape index (κ2) is 6.72. The molecule has 0 aliphatic rings. The van der Waals surface area contributed by atoms with Gasteiger partial charge in [0.05, 0.1) is 11.5 Å². The highest BCUT2D eigenvalue weighted by Gasteiger charge is 2.25. The van der Waals surface area contributed by atoms with Gasteiger partial charge in [0.1, 0.15) is 5.69 Å². The van der Waals surface area contributed by atoms with Crippen LogP contribution in [0.5, 0.6) is 0 Å². The van der Waals surface area contributed by atoms with Crippen molar-refractivity contribution in [3.05, 3.63) is 15.8 Å². The molecule has 2 N–H and O–H groups in total. The number of amides is 1. The number of carbonyl (C=O) groups is 1. The van der Waals surface area contributed by atoms with Crippen LogP contribution in [0, 0.1) is 10.1 Å². The molecule has 1 amide bonds. The van der Waals surface area contributed by atoms with Crippen LogP contribution in [-0.4, -0.2) is 33.7 Å². The molecule has 1 aromatic heterocycles. The SMILES string of the molecule is CCCNC(=O)CNc1c([N+](=O)[O-])c(CC)nn1C. The van der Waals surface area contributed by atoms with Crippen molar-refractivity contribution in [2.24, 2.45) is 7.05 Å². The molecule has 0 unspecified atom stereocenters. The molecule has 1 aromatic rings. The molecule has 0 atom stereocenters. The normalized spacial score (nSPS) is 10.3. The van der Waals surface area contributed by atoms with E-state index in [-0.39, 0.29) is 24.0 Å². The molecule has 0 fully saturated rings. The Morgan fingerprint density at radius 2 is 2.16 bits per heavy atom. The molecule has 0 spiro atoms. The summed E-state index contributed by atoms with van der Waals surface area (Å²) in [6, 6.07) is 0. The zero-order valence-electron chi connectivity index (χ0n) is 11.4. The minimum absolute atomic E-state index is 0.0104. The van der Waals surface area contributed by atoms with E-state index in [9.17, 15) is 14.9 Å². The first-order valence-corrected chi connectivity index (χ1v) is 6.22. The molecule has 106 valence electrons. The number of aromatic nitrogens is 2. The van der Waals surface area contributed by atoms with Gasteiger partial charge < -0.3 is 10.6 Å². The van der Waals surface area contributed by atoms with Crippen LogP contribution in [0.4, 0.5) is 11.5 Å². The molecule has 0 radical (unpaired) electrons. The van der Waals surface area contributed by atoms with Gasteiger partial charge >= 0.3 is 5.69 Å². The van der Waals surface area contributed by atoms with E-state index in [1.807, 2.05) is 6.92 Å². The molecule has 0 saturated carbocycles. The summed E-state index contributed by atoms with van der Waals surface area (Å²) in [6.45, 7) is 4.33. The van der Waals surface area contributed by atoms with E-state index in [0.29, 0.717) is 18.7 Å². The van der Waals surface area contributed by atoms with Gasteiger partial charge in [-0.3, -0.25) is 14.9 Å². The summed E-state index contributed by atoms with van der Waals surface area (Å²) in [5.41, 5.74) is 0.345. The van der Waals surface area contributed by atoms with Crippen LogP contribution in [0.1, 0.15) is 26.0 Å². The van der Waals surface area contributed by atoms with E-state index in [0.717, 1.165) is 6.42 Å². The maximum absolute atomic E-state index is 11.5. The lowest BCUT2D eigenvalue weighted by Gasteiger charge is -2.06. The fourth-order valence-electron chi connectivity index (χ4n) is 1.69. The molecule has 8 nitrogen and oxygen atoms in total. The van der Waals surface area contributed by atoms with Crippen molar-refractivity contribution in [2.75, 3.05) is 18.4 Å². The van der Waals surface area contributed by atoms with Crippen LogP contribution in [-0.2, 0) is 18.3 Å². The minimum Gasteiger partial charge on any atom is -0.355 e. The van der Waals surface area contributed by atoms with Gasteiger partial charge in [-0.25, -0.2) is 4.68 Å². The van der Waals surface area contributed by atoms with E-state index in [4.69, 9.17) is 0 Å². The quantitative estimate of drug-likeness (QED) is 0.564. The average molecular weight is 269 g/mol. The molecule has 0 aliphatic carbocycles. The fraction of sp³-hybridized carbons (Fsp3) is 0.636. The number of nitrogens with zero attached hydrogens (tertiary/aromatic N) is 3. The monoisotopic (exact) mass is 269 g/mol. The summed E-state index contributed by atoms with van der Waals surface area (Å²) in [5, 5.41) is 20.6. The molecule has 8 heteroatoms. The van der Waals surface area contributed by atoms with E-state index >= 15 is 0 Å². The Bertz CT molecular complexity index is 469. The Morgan fingerprint density at radius 1 is 1.47 bits per heavy atom. The van der Waals surface area contributed by atoms with Gasteiger partial charge in [0.15, 0.2) is 0 Å². The van der Waals surface area contributed by atoms with E-state index in [1.54, 1.807) is 14.0 Å². The smallest absolute Gasteiger partial charge is 0.333 e. The third-order valence-corrected chi connectivity index (χ3v) is 2.60. The second-order valence-electron chi connectivity index (χ2n) is 4.08. The van der Waals surface area contributed by atoms with Gasteiger partial charge in [-0.1, -0.05) is 13.8 Å². The van der Waals surface area contributed by atoms with Crippen LogP contribution >= 0.6 is 0 Å². The molecule has 1 heterocycles. The zero-order chi connectivity index (χ0) is 14.4. The first-order chi connectivity index (χ1) is 9.01. The number of rotatable bonds is 7. The van der Waals surface area contributed by atoms with Gasteiger partial charge in [-0.15, -0.1) is 0 Å². The van der Waals surface area contributed by atoms with Gasteiger partial charge in [0.25, 0.3) is 0 Å². The molecular weight excluding hydrogens is 250 g/mol. The summed E-state index contributed by atoms with van der Waals surface area (Å²) in [6.07, 6.45) is 1.31. The van der Waals surface area contributed by atoms with Crippen molar-refractivity contribution in [1.82, 2.24) is 15.1 Å². The number of hydrogen-bond donors (Lipinski definition) is 2. The van der Waals surface area contributed by atoms with Gasteiger partial charge in [0.2, 0.25) is 11.7 Å². The summed E-state index contributed by atoms with van der Waals surface area (Å²) in [5.74, 6) is 0.0592. The van der Waals surface area contributed by atoms with Crippen LogP contribution in [0.2, 0.25) is 0 Å². The van der Waals surface area contributed by atoms with E-state index < -0.39 is 4.92 Å². The lowest BCUT2D eigenvalue weighted by Crippen LogP contribution is -2.30. The molecule has 0 aromatic carbocycles. The van der Waals surface area contributed by atoms with Crippen molar-refractivity contribution in [3.8, 4) is 0 Å². The van der Waals surface area contributed by atoms with Crippen LogP contribution in [0.3, 0.4) is 0 Å². The maximum Gasteiger partial charge on any atom is 0.333 e. The number of nitro groups is 1. The summed E-state index contributed by atoms with van der Waals surface area (Å²) in [4.78, 5) is 22.0. The Balaban J connectivity index is 2.80. The van der Waals surface area contributed by atoms with Gasteiger partial charge in [0, 0.05) is 13.6 Å². The number of nitrogens with one attached hydrogen (secondary N) is 2. The number of carbonyl (C=O) groups excluding carboxylic acids is 1. The first kappa shape index (κ1) is 14.9. The third kappa shape index (κ3) is 3.67. The average Bonchev–Trinajstić information content (AvgIpc) is 2.70. The highest BCUT2D eigenvalue weighted by atomic mass is 16.6. The van der Waals surface area contributed by atoms with Crippen molar-refractivity contribution >= 4 is 17.4 Å².